The maximum Gasteiger partial charge on any atom is 0.250 e. The molecule has 2 N–H and O–H groups in total. The van der Waals surface area contributed by atoms with Crippen molar-refractivity contribution < 1.29 is 19.1 Å². The number of aryl methyl sites for hydroxylation is 1. The fourth-order valence-corrected chi connectivity index (χ4v) is 2.17. The van der Waals surface area contributed by atoms with Crippen LogP contribution in [0.25, 0.3) is 0 Å². The Morgan fingerprint density at radius 2 is 1.44 bits per heavy atom. The number of nitrogens with one attached hydrogen (secondary N) is 2. The topological polar surface area (TPSA) is 84.5 Å². The van der Waals surface area contributed by atoms with Crippen molar-refractivity contribution in [3.05, 3.63) is 59.7 Å². The summed E-state index contributed by atoms with van der Waals surface area (Å²) in [7, 11) is 0. The zero-order chi connectivity index (χ0) is 18.2. The molecule has 6 nitrogen and oxygen atoms in total. The molecule has 2 aromatic rings. The lowest BCUT2D eigenvalue weighted by molar-refractivity contribution is -0.125. The van der Waals surface area contributed by atoms with Crippen molar-refractivity contribution in [2.75, 3.05) is 23.8 Å². The van der Waals surface area contributed by atoms with Crippen molar-refractivity contribution in [3.63, 3.8) is 0 Å². The third kappa shape index (κ3) is 6.19. The number of benzene rings is 2. The van der Waals surface area contributed by atoms with Crippen molar-refractivity contribution in [3.8, 4) is 0 Å². The van der Waals surface area contributed by atoms with Crippen molar-refractivity contribution in [1.82, 2.24) is 0 Å². The second kappa shape index (κ2) is 8.75. The Morgan fingerprint density at radius 1 is 0.880 bits per heavy atom. The average molecular weight is 340 g/mol. The molecule has 6 heteroatoms. The van der Waals surface area contributed by atoms with Crippen molar-refractivity contribution in [1.29, 1.82) is 0 Å². The summed E-state index contributed by atoms with van der Waals surface area (Å²) in [5.74, 6) is -0.818. The molecular weight excluding hydrogens is 320 g/mol. The average Bonchev–Trinajstić information content (AvgIpc) is 2.55. The van der Waals surface area contributed by atoms with Crippen LogP contribution in [0.15, 0.2) is 48.5 Å². The van der Waals surface area contributed by atoms with E-state index in [1.54, 1.807) is 30.3 Å². The van der Waals surface area contributed by atoms with Gasteiger partial charge in [0.1, 0.15) is 13.2 Å². The van der Waals surface area contributed by atoms with Gasteiger partial charge in [-0.25, -0.2) is 0 Å². The number of Topliss-reactive ketones (excluding diaryl/α,β-unsaturated/α-hetero) is 1. The first-order chi connectivity index (χ1) is 11.9. The number of ketones is 1. The van der Waals surface area contributed by atoms with E-state index >= 15 is 0 Å². The lowest BCUT2D eigenvalue weighted by atomic mass is 10.1. The zero-order valence-corrected chi connectivity index (χ0v) is 14.2. The molecule has 0 saturated heterocycles. The maximum absolute atomic E-state index is 11.8. The highest BCUT2D eigenvalue weighted by Crippen LogP contribution is 2.11. The third-order valence-electron chi connectivity index (χ3n) is 3.32. The highest BCUT2D eigenvalue weighted by molar-refractivity contribution is 5.97. The van der Waals surface area contributed by atoms with Crippen LogP contribution in [0.1, 0.15) is 22.8 Å². The second-order valence-corrected chi connectivity index (χ2v) is 5.60. The van der Waals surface area contributed by atoms with E-state index in [4.69, 9.17) is 4.74 Å². The molecule has 130 valence electrons. The fourth-order valence-electron chi connectivity index (χ4n) is 2.17. The fraction of sp³-hybridized carbons (Fsp3) is 0.211. The molecule has 2 amide bonds. The normalized spacial score (nSPS) is 10.2. The highest BCUT2D eigenvalue weighted by Gasteiger charge is 2.07. The van der Waals surface area contributed by atoms with E-state index in [9.17, 15) is 14.4 Å². The first-order valence-electron chi connectivity index (χ1n) is 7.79. The van der Waals surface area contributed by atoms with Gasteiger partial charge < -0.3 is 15.4 Å². The predicted molar refractivity (Wildman–Crippen MR) is 95.7 cm³/mol. The number of hydrogen-bond acceptors (Lipinski definition) is 4. The number of rotatable bonds is 7. The van der Waals surface area contributed by atoms with E-state index in [2.05, 4.69) is 10.6 Å². The van der Waals surface area contributed by atoms with E-state index in [0.717, 1.165) is 5.56 Å². The van der Waals surface area contributed by atoms with Gasteiger partial charge in [0.25, 0.3) is 0 Å². The minimum atomic E-state index is -0.399. The molecule has 0 aliphatic heterocycles. The third-order valence-corrected chi connectivity index (χ3v) is 3.32. The van der Waals surface area contributed by atoms with E-state index < -0.39 is 5.91 Å². The van der Waals surface area contributed by atoms with Gasteiger partial charge in [-0.05, 0) is 43.7 Å². The molecule has 2 rings (SSSR count). The summed E-state index contributed by atoms with van der Waals surface area (Å²) in [5.41, 5.74) is 2.73. The van der Waals surface area contributed by atoms with Gasteiger partial charge >= 0.3 is 0 Å². The molecule has 0 aliphatic rings. The van der Waals surface area contributed by atoms with Crippen molar-refractivity contribution in [2.45, 2.75) is 13.8 Å². The molecule has 2 aromatic carbocycles. The van der Waals surface area contributed by atoms with Gasteiger partial charge in [-0.1, -0.05) is 24.3 Å². The van der Waals surface area contributed by atoms with Crippen LogP contribution in [0.4, 0.5) is 11.4 Å². The molecule has 0 bridgehead atoms. The zero-order valence-electron chi connectivity index (χ0n) is 14.2. The van der Waals surface area contributed by atoms with Crippen LogP contribution in [0.2, 0.25) is 0 Å². The highest BCUT2D eigenvalue weighted by atomic mass is 16.5. The molecule has 25 heavy (non-hydrogen) atoms. The van der Waals surface area contributed by atoms with Gasteiger partial charge in [-0.3, -0.25) is 14.4 Å². The molecule has 0 unspecified atom stereocenters. The number of carbonyl (C=O) groups excluding carboxylic acids is 3. The number of amides is 2. The Hall–Kier alpha value is -2.99. The van der Waals surface area contributed by atoms with Crippen LogP contribution in [0.5, 0.6) is 0 Å². The minimum absolute atomic E-state index is 0.0832. The van der Waals surface area contributed by atoms with Crippen LogP contribution in [-0.2, 0) is 14.3 Å². The van der Waals surface area contributed by atoms with Gasteiger partial charge in [0, 0.05) is 16.9 Å². The van der Waals surface area contributed by atoms with Gasteiger partial charge in [-0.15, -0.1) is 0 Å². The summed E-state index contributed by atoms with van der Waals surface area (Å²) in [5, 5.41) is 5.31. The van der Waals surface area contributed by atoms with Gasteiger partial charge in [0.2, 0.25) is 11.8 Å². The van der Waals surface area contributed by atoms with Crippen LogP contribution in [0, 0.1) is 6.92 Å². The summed E-state index contributed by atoms with van der Waals surface area (Å²) in [6.07, 6.45) is 0. The SMILES string of the molecule is CC(=O)c1cccc(NC(=O)COCC(=O)Nc2cccc(C)c2)c1. The van der Waals surface area contributed by atoms with Crippen LogP contribution >= 0.6 is 0 Å². The summed E-state index contributed by atoms with van der Waals surface area (Å²) in [4.78, 5) is 34.9. The first kappa shape index (κ1) is 18.4. The number of anilines is 2. The standard InChI is InChI=1S/C19H20N2O4/c1-13-5-3-7-16(9-13)20-18(23)11-25-12-19(24)21-17-8-4-6-15(10-17)14(2)22/h3-10H,11-12H2,1-2H3,(H,20,23)(H,21,24). The molecule has 0 heterocycles. The summed E-state index contributed by atoms with van der Waals surface area (Å²) in [6.45, 7) is 2.90. The Labute approximate surface area is 146 Å². The van der Waals surface area contributed by atoms with E-state index in [1.807, 2.05) is 25.1 Å². The van der Waals surface area contributed by atoms with Gasteiger partial charge in [-0.2, -0.15) is 0 Å². The van der Waals surface area contributed by atoms with Gasteiger partial charge in [0.15, 0.2) is 5.78 Å². The molecule has 0 fully saturated rings. The van der Waals surface area contributed by atoms with E-state index in [1.165, 1.54) is 6.92 Å². The summed E-state index contributed by atoms with van der Waals surface area (Å²) in [6, 6.07) is 14.0. The first-order valence-corrected chi connectivity index (χ1v) is 7.79. The maximum atomic E-state index is 11.8. The van der Waals surface area contributed by atoms with Crippen molar-refractivity contribution in [2.24, 2.45) is 0 Å². The Kier molecular flexibility index (Phi) is 6.42. The molecule has 0 aliphatic carbocycles. The quantitative estimate of drug-likeness (QED) is 0.759. The van der Waals surface area contributed by atoms with Crippen molar-refractivity contribution >= 4 is 29.0 Å². The lowest BCUT2D eigenvalue weighted by Gasteiger charge is -2.08. The van der Waals surface area contributed by atoms with Crippen LogP contribution < -0.4 is 10.6 Å². The van der Waals surface area contributed by atoms with Gasteiger partial charge in [0.05, 0.1) is 0 Å². The molecule has 0 spiro atoms. The lowest BCUT2D eigenvalue weighted by Crippen LogP contribution is -2.24. The van der Waals surface area contributed by atoms with Crippen LogP contribution in [0.3, 0.4) is 0 Å². The number of carbonyl (C=O) groups is 3. The summed E-state index contributed by atoms with van der Waals surface area (Å²) >= 11 is 0. The Balaban J connectivity index is 1.75. The largest absolute Gasteiger partial charge is 0.362 e. The molecular formula is C19H20N2O4. The smallest absolute Gasteiger partial charge is 0.250 e. The number of hydrogen-bond donors (Lipinski definition) is 2. The second-order valence-electron chi connectivity index (χ2n) is 5.60. The monoisotopic (exact) mass is 340 g/mol. The molecule has 0 aromatic heterocycles. The van der Waals surface area contributed by atoms with E-state index in [0.29, 0.717) is 16.9 Å². The molecule has 0 radical (unpaired) electrons. The minimum Gasteiger partial charge on any atom is -0.362 e. The van der Waals surface area contributed by atoms with E-state index in [-0.39, 0.29) is 24.9 Å². The Bertz CT molecular complexity index is 786. The van der Waals surface area contributed by atoms with Crippen LogP contribution in [-0.4, -0.2) is 30.8 Å². The molecule has 0 saturated carbocycles. The number of ether oxygens (including phenoxy) is 1. The predicted octanol–water partition coefficient (Wildman–Crippen LogP) is 2.79. The Morgan fingerprint density at radius 3 is 2.00 bits per heavy atom. The summed E-state index contributed by atoms with van der Waals surface area (Å²) < 4.78 is 5.12. The molecule has 0 atom stereocenters.